The van der Waals surface area contributed by atoms with Crippen molar-refractivity contribution in [3.63, 3.8) is 0 Å². The number of hydrogen-bond acceptors (Lipinski definition) is 2. The fraction of sp³-hybridized carbons (Fsp3) is 1.00. The lowest BCUT2D eigenvalue weighted by Crippen LogP contribution is -2.58. The van der Waals surface area contributed by atoms with E-state index in [0.29, 0.717) is 0 Å². The molecule has 3 rings (SSSR count). The second-order valence-corrected chi connectivity index (χ2v) is 4.60. The minimum absolute atomic E-state index is 0.901. The average Bonchev–Trinajstić information content (AvgIpc) is 2.48. The van der Waals surface area contributed by atoms with Gasteiger partial charge in [-0.15, -0.1) is 0 Å². The monoisotopic (exact) mass is 166 g/mol. The van der Waals surface area contributed by atoms with Crippen LogP contribution in [-0.4, -0.2) is 36.6 Å². The molecule has 0 aromatic rings. The summed E-state index contributed by atoms with van der Waals surface area (Å²) in [6.45, 7) is 3.90. The van der Waals surface area contributed by atoms with E-state index < -0.39 is 0 Å². The number of hydrogen-bond donors (Lipinski definition) is 1. The Balaban J connectivity index is 1.70. The molecule has 0 bridgehead atoms. The Bertz CT molecular complexity index is 177. The molecule has 2 atom stereocenters. The molecule has 1 aliphatic carbocycles. The van der Waals surface area contributed by atoms with Crippen LogP contribution in [0.4, 0.5) is 0 Å². The zero-order valence-electron chi connectivity index (χ0n) is 7.63. The van der Waals surface area contributed by atoms with E-state index in [1.807, 2.05) is 0 Å². The van der Waals surface area contributed by atoms with Gasteiger partial charge in [0.2, 0.25) is 0 Å². The van der Waals surface area contributed by atoms with E-state index >= 15 is 0 Å². The smallest absolute Gasteiger partial charge is 0.0348 e. The van der Waals surface area contributed by atoms with E-state index in [-0.39, 0.29) is 0 Å². The van der Waals surface area contributed by atoms with E-state index in [4.69, 9.17) is 0 Å². The zero-order chi connectivity index (χ0) is 7.97. The Hall–Kier alpha value is -0.0800. The van der Waals surface area contributed by atoms with E-state index in [9.17, 15) is 0 Å². The standard InChI is InChI=1S/C10H18N2/c1-2-8-4-5-12(10(8)3-1)9-6-11-7-9/h8-11H,1-7H2. The third-order valence-electron chi connectivity index (χ3n) is 4.03. The third kappa shape index (κ3) is 0.944. The molecule has 3 aliphatic rings. The Labute approximate surface area is 74.3 Å². The molecule has 2 saturated heterocycles. The molecule has 68 valence electrons. The van der Waals surface area contributed by atoms with Crippen LogP contribution in [0, 0.1) is 5.92 Å². The SMILES string of the molecule is C1CC2CCN(C3CNC3)C2C1. The summed E-state index contributed by atoms with van der Waals surface area (Å²) in [6, 6.07) is 1.88. The minimum Gasteiger partial charge on any atom is -0.314 e. The van der Waals surface area contributed by atoms with Crippen LogP contribution in [0.5, 0.6) is 0 Å². The van der Waals surface area contributed by atoms with Crippen LogP contribution in [0.1, 0.15) is 25.7 Å². The summed E-state index contributed by atoms with van der Waals surface area (Å²) in [5, 5.41) is 3.38. The molecule has 2 heterocycles. The molecule has 12 heavy (non-hydrogen) atoms. The maximum Gasteiger partial charge on any atom is 0.0348 e. The molecule has 2 aliphatic heterocycles. The molecule has 2 heteroatoms. The van der Waals surface area contributed by atoms with Gasteiger partial charge in [-0.25, -0.2) is 0 Å². The first-order valence-electron chi connectivity index (χ1n) is 5.41. The molecule has 1 saturated carbocycles. The van der Waals surface area contributed by atoms with Crippen LogP contribution in [0.3, 0.4) is 0 Å². The van der Waals surface area contributed by atoms with E-state index in [2.05, 4.69) is 10.2 Å². The highest BCUT2D eigenvalue weighted by Crippen LogP contribution is 2.39. The summed E-state index contributed by atoms with van der Waals surface area (Å²) in [5.74, 6) is 1.07. The Kier molecular flexibility index (Phi) is 1.66. The van der Waals surface area contributed by atoms with Gasteiger partial charge in [-0.2, -0.15) is 0 Å². The summed E-state index contributed by atoms with van der Waals surface area (Å²) in [4.78, 5) is 2.79. The summed E-state index contributed by atoms with van der Waals surface area (Å²) in [6.07, 6.45) is 5.98. The van der Waals surface area contributed by atoms with Gasteiger partial charge in [0.05, 0.1) is 0 Å². The lowest BCUT2D eigenvalue weighted by molar-refractivity contribution is 0.126. The van der Waals surface area contributed by atoms with Gasteiger partial charge in [-0.1, -0.05) is 6.42 Å². The lowest BCUT2D eigenvalue weighted by Gasteiger charge is -2.39. The second kappa shape index (κ2) is 2.71. The topological polar surface area (TPSA) is 15.3 Å². The molecule has 0 amide bonds. The fourth-order valence-corrected chi connectivity index (χ4v) is 3.23. The summed E-state index contributed by atoms with van der Waals surface area (Å²) < 4.78 is 0. The van der Waals surface area contributed by atoms with Crippen LogP contribution in [0.15, 0.2) is 0 Å². The van der Waals surface area contributed by atoms with Gasteiger partial charge in [0, 0.05) is 25.2 Å². The summed E-state index contributed by atoms with van der Waals surface area (Å²) in [7, 11) is 0. The van der Waals surface area contributed by atoms with Crippen LogP contribution in [0.25, 0.3) is 0 Å². The number of fused-ring (bicyclic) bond motifs is 1. The molecular weight excluding hydrogens is 148 g/mol. The Morgan fingerprint density at radius 2 is 2.00 bits per heavy atom. The van der Waals surface area contributed by atoms with E-state index in [0.717, 1.165) is 18.0 Å². The van der Waals surface area contributed by atoms with Crippen molar-refractivity contribution in [1.29, 1.82) is 0 Å². The van der Waals surface area contributed by atoms with E-state index in [1.54, 1.807) is 0 Å². The van der Waals surface area contributed by atoms with Crippen molar-refractivity contribution in [3.8, 4) is 0 Å². The number of rotatable bonds is 1. The van der Waals surface area contributed by atoms with E-state index in [1.165, 1.54) is 45.3 Å². The van der Waals surface area contributed by atoms with Gasteiger partial charge >= 0.3 is 0 Å². The third-order valence-corrected chi connectivity index (χ3v) is 4.03. The normalized spacial score (nSPS) is 43.0. The van der Waals surface area contributed by atoms with Crippen molar-refractivity contribution in [2.75, 3.05) is 19.6 Å². The van der Waals surface area contributed by atoms with Gasteiger partial charge in [-0.05, 0) is 31.7 Å². The highest BCUT2D eigenvalue weighted by atomic mass is 15.3. The Morgan fingerprint density at radius 3 is 2.75 bits per heavy atom. The first kappa shape index (κ1) is 7.34. The molecule has 0 aromatic heterocycles. The first-order valence-corrected chi connectivity index (χ1v) is 5.41. The van der Waals surface area contributed by atoms with Crippen LogP contribution in [-0.2, 0) is 0 Å². The van der Waals surface area contributed by atoms with Crippen LogP contribution < -0.4 is 5.32 Å². The minimum atomic E-state index is 0.901. The molecular formula is C10H18N2. The van der Waals surface area contributed by atoms with Crippen molar-refractivity contribution in [2.24, 2.45) is 5.92 Å². The van der Waals surface area contributed by atoms with Crippen molar-refractivity contribution >= 4 is 0 Å². The molecule has 2 nitrogen and oxygen atoms in total. The molecule has 0 aromatic carbocycles. The number of nitrogens with one attached hydrogen (secondary N) is 1. The molecule has 2 unspecified atom stereocenters. The average molecular weight is 166 g/mol. The maximum absolute atomic E-state index is 3.38. The van der Waals surface area contributed by atoms with Gasteiger partial charge in [0.25, 0.3) is 0 Å². The van der Waals surface area contributed by atoms with Crippen molar-refractivity contribution < 1.29 is 0 Å². The predicted molar refractivity (Wildman–Crippen MR) is 49.1 cm³/mol. The van der Waals surface area contributed by atoms with Crippen LogP contribution >= 0.6 is 0 Å². The molecule has 0 radical (unpaired) electrons. The fourth-order valence-electron chi connectivity index (χ4n) is 3.23. The Morgan fingerprint density at radius 1 is 1.08 bits per heavy atom. The van der Waals surface area contributed by atoms with Crippen molar-refractivity contribution in [1.82, 2.24) is 10.2 Å². The van der Waals surface area contributed by atoms with Gasteiger partial charge in [0.1, 0.15) is 0 Å². The first-order chi connectivity index (χ1) is 5.95. The molecule has 1 N–H and O–H groups in total. The largest absolute Gasteiger partial charge is 0.314 e. The van der Waals surface area contributed by atoms with Crippen molar-refractivity contribution in [3.05, 3.63) is 0 Å². The second-order valence-electron chi connectivity index (χ2n) is 4.60. The quantitative estimate of drug-likeness (QED) is 0.621. The van der Waals surface area contributed by atoms with Gasteiger partial charge in [0.15, 0.2) is 0 Å². The number of likely N-dealkylation sites (tertiary alicyclic amines) is 1. The number of nitrogens with zero attached hydrogens (tertiary/aromatic N) is 1. The van der Waals surface area contributed by atoms with Gasteiger partial charge < -0.3 is 5.32 Å². The van der Waals surface area contributed by atoms with Crippen LogP contribution in [0.2, 0.25) is 0 Å². The highest BCUT2D eigenvalue weighted by molar-refractivity contribution is 4.97. The maximum atomic E-state index is 3.38. The van der Waals surface area contributed by atoms with Gasteiger partial charge in [-0.3, -0.25) is 4.90 Å². The predicted octanol–water partition coefficient (Wildman–Crippen LogP) is 0.833. The molecule has 3 fully saturated rings. The van der Waals surface area contributed by atoms with Crippen molar-refractivity contribution in [2.45, 2.75) is 37.8 Å². The molecule has 0 spiro atoms. The zero-order valence-corrected chi connectivity index (χ0v) is 7.63. The highest BCUT2D eigenvalue weighted by Gasteiger charge is 2.41. The summed E-state index contributed by atoms with van der Waals surface area (Å²) >= 11 is 0. The lowest BCUT2D eigenvalue weighted by atomic mass is 10.0. The summed E-state index contributed by atoms with van der Waals surface area (Å²) in [5.41, 5.74) is 0.